The van der Waals surface area contributed by atoms with Crippen molar-refractivity contribution in [1.29, 1.82) is 0 Å². The van der Waals surface area contributed by atoms with E-state index in [-0.39, 0.29) is 5.56 Å². The van der Waals surface area contributed by atoms with Crippen molar-refractivity contribution in [3.63, 3.8) is 0 Å². The van der Waals surface area contributed by atoms with Gasteiger partial charge in [-0.2, -0.15) is 0 Å². The van der Waals surface area contributed by atoms with Crippen LogP contribution in [0.5, 0.6) is 0 Å². The number of fused-ring (bicyclic) bond motifs is 1. The maximum Gasteiger partial charge on any atom is 0.258 e. The molecule has 2 N–H and O–H groups in total. The Labute approximate surface area is 107 Å². The van der Waals surface area contributed by atoms with E-state index in [1.807, 2.05) is 0 Å². The zero-order valence-electron chi connectivity index (χ0n) is 9.75. The summed E-state index contributed by atoms with van der Waals surface area (Å²) in [6, 6.07) is 7.39. The summed E-state index contributed by atoms with van der Waals surface area (Å²) in [5, 5.41) is 0. The highest BCUT2D eigenvalue weighted by atomic mass is 19.1. The van der Waals surface area contributed by atoms with Crippen molar-refractivity contribution in [2.24, 2.45) is 0 Å². The lowest BCUT2D eigenvalue weighted by molar-refractivity contribution is 0.617. The van der Waals surface area contributed by atoms with Gasteiger partial charge in [-0.15, -0.1) is 0 Å². The molecule has 0 saturated carbocycles. The molecule has 0 atom stereocenters. The highest BCUT2D eigenvalue weighted by Gasteiger charge is 2.05. The van der Waals surface area contributed by atoms with Crippen LogP contribution >= 0.6 is 0 Å². The highest BCUT2D eigenvalue weighted by Crippen LogP contribution is 2.16. The molecule has 6 heteroatoms. The van der Waals surface area contributed by atoms with E-state index in [0.29, 0.717) is 22.7 Å². The van der Waals surface area contributed by atoms with Crippen molar-refractivity contribution in [3.8, 4) is 11.3 Å². The van der Waals surface area contributed by atoms with E-state index in [9.17, 15) is 9.18 Å². The zero-order chi connectivity index (χ0) is 13.4. The van der Waals surface area contributed by atoms with Gasteiger partial charge in [0.05, 0.1) is 5.69 Å². The first kappa shape index (κ1) is 11.3. The molecule has 0 bridgehead atoms. The van der Waals surface area contributed by atoms with Gasteiger partial charge in [0.15, 0.2) is 0 Å². The second-order valence-electron chi connectivity index (χ2n) is 4.03. The number of hydrogen-bond donors (Lipinski definition) is 1. The summed E-state index contributed by atoms with van der Waals surface area (Å²) in [6.45, 7) is 0. The van der Waals surface area contributed by atoms with Crippen LogP contribution in [0.2, 0.25) is 0 Å². The summed E-state index contributed by atoms with van der Waals surface area (Å²) in [5.41, 5.74) is 6.68. The molecule has 0 fully saturated rings. The lowest BCUT2D eigenvalue weighted by Gasteiger charge is -2.04. The molecule has 94 valence electrons. The van der Waals surface area contributed by atoms with Crippen LogP contribution in [0.15, 0.2) is 47.5 Å². The predicted octanol–water partition coefficient (Wildman–Crippen LogP) is 1.48. The van der Waals surface area contributed by atoms with Crippen LogP contribution in [0.4, 0.5) is 10.2 Å². The molecule has 3 aromatic rings. The Bertz CT molecular complexity index is 811. The quantitative estimate of drug-likeness (QED) is 0.715. The molecular formula is C13H9FN4O. The van der Waals surface area contributed by atoms with Crippen molar-refractivity contribution < 1.29 is 4.39 Å². The van der Waals surface area contributed by atoms with Crippen LogP contribution in [-0.2, 0) is 0 Å². The standard InChI is InChI=1S/C13H9FN4O/c14-9-2-4-12-17-10(5-13(19)18(12)7-9)8-1-3-11(15)16-6-8/h1-7H,(H2,15,16). The smallest absolute Gasteiger partial charge is 0.258 e. The molecule has 0 aromatic carbocycles. The van der Waals surface area contributed by atoms with Crippen LogP contribution < -0.4 is 11.3 Å². The average Bonchev–Trinajstić information content (AvgIpc) is 2.40. The van der Waals surface area contributed by atoms with Gasteiger partial charge < -0.3 is 5.73 Å². The molecule has 0 radical (unpaired) electrons. The number of pyridine rings is 2. The molecule has 0 saturated heterocycles. The van der Waals surface area contributed by atoms with E-state index in [1.165, 1.54) is 24.4 Å². The molecule has 3 aromatic heterocycles. The van der Waals surface area contributed by atoms with Gasteiger partial charge in [-0.1, -0.05) is 0 Å². The second-order valence-corrected chi connectivity index (χ2v) is 4.03. The highest BCUT2D eigenvalue weighted by molar-refractivity contribution is 5.61. The van der Waals surface area contributed by atoms with Gasteiger partial charge >= 0.3 is 0 Å². The summed E-state index contributed by atoms with van der Waals surface area (Å²) in [6.07, 6.45) is 2.65. The van der Waals surface area contributed by atoms with Crippen LogP contribution in [0.1, 0.15) is 0 Å². The topological polar surface area (TPSA) is 73.3 Å². The number of aromatic nitrogens is 3. The van der Waals surface area contributed by atoms with Gasteiger partial charge in [0.1, 0.15) is 17.3 Å². The van der Waals surface area contributed by atoms with Crippen LogP contribution in [-0.4, -0.2) is 14.4 Å². The summed E-state index contributed by atoms with van der Waals surface area (Å²) in [7, 11) is 0. The van der Waals surface area contributed by atoms with E-state index < -0.39 is 5.82 Å². The number of hydrogen-bond acceptors (Lipinski definition) is 4. The lowest BCUT2D eigenvalue weighted by Crippen LogP contribution is -2.14. The first-order valence-electron chi connectivity index (χ1n) is 5.54. The Morgan fingerprint density at radius 2 is 2.05 bits per heavy atom. The van der Waals surface area contributed by atoms with E-state index in [4.69, 9.17) is 5.73 Å². The first-order valence-corrected chi connectivity index (χ1v) is 5.54. The maximum atomic E-state index is 13.1. The molecule has 19 heavy (non-hydrogen) atoms. The minimum atomic E-state index is -0.488. The number of rotatable bonds is 1. The third-order valence-electron chi connectivity index (χ3n) is 2.71. The second kappa shape index (κ2) is 4.16. The third kappa shape index (κ3) is 2.03. The number of nitrogen functional groups attached to an aromatic ring is 1. The third-order valence-corrected chi connectivity index (χ3v) is 2.71. The summed E-state index contributed by atoms with van der Waals surface area (Å²) >= 11 is 0. The summed E-state index contributed by atoms with van der Waals surface area (Å²) < 4.78 is 14.2. The van der Waals surface area contributed by atoms with Crippen LogP contribution in [0, 0.1) is 5.82 Å². The number of anilines is 1. The molecule has 0 unspecified atom stereocenters. The first-order chi connectivity index (χ1) is 9.13. The van der Waals surface area contributed by atoms with Gasteiger partial charge in [0.25, 0.3) is 5.56 Å². The minimum absolute atomic E-state index is 0.351. The normalized spacial score (nSPS) is 10.8. The Balaban J connectivity index is 2.24. The summed E-state index contributed by atoms with van der Waals surface area (Å²) in [5.74, 6) is -0.0957. The molecule has 0 aliphatic rings. The maximum absolute atomic E-state index is 13.1. The summed E-state index contributed by atoms with van der Waals surface area (Å²) in [4.78, 5) is 20.1. The molecule has 0 aliphatic heterocycles. The molecular weight excluding hydrogens is 247 g/mol. The Morgan fingerprint density at radius 1 is 1.21 bits per heavy atom. The lowest BCUT2D eigenvalue weighted by atomic mass is 10.2. The van der Waals surface area contributed by atoms with Crippen molar-refractivity contribution in [1.82, 2.24) is 14.4 Å². The van der Waals surface area contributed by atoms with Crippen molar-refractivity contribution >= 4 is 11.5 Å². The van der Waals surface area contributed by atoms with E-state index in [0.717, 1.165) is 10.6 Å². The SMILES string of the molecule is Nc1ccc(-c2cc(=O)n3cc(F)ccc3n2)cn1. The molecule has 3 rings (SSSR count). The zero-order valence-corrected chi connectivity index (χ0v) is 9.75. The Hall–Kier alpha value is -2.76. The van der Waals surface area contributed by atoms with Crippen molar-refractivity contribution in [2.45, 2.75) is 0 Å². The van der Waals surface area contributed by atoms with E-state index in [1.54, 1.807) is 12.1 Å². The monoisotopic (exact) mass is 256 g/mol. The molecule has 0 amide bonds. The van der Waals surface area contributed by atoms with Crippen LogP contribution in [0.25, 0.3) is 16.9 Å². The molecule has 0 aliphatic carbocycles. The van der Waals surface area contributed by atoms with Crippen molar-refractivity contribution in [2.75, 3.05) is 5.73 Å². The Kier molecular flexibility index (Phi) is 2.49. The molecule has 0 spiro atoms. The van der Waals surface area contributed by atoms with Gasteiger partial charge in [-0.25, -0.2) is 14.4 Å². The van der Waals surface area contributed by atoms with Crippen molar-refractivity contribution in [3.05, 3.63) is 58.9 Å². The van der Waals surface area contributed by atoms with E-state index >= 15 is 0 Å². The van der Waals surface area contributed by atoms with Gasteiger partial charge in [0.2, 0.25) is 0 Å². The predicted molar refractivity (Wildman–Crippen MR) is 69.1 cm³/mol. The fourth-order valence-corrected chi connectivity index (χ4v) is 1.78. The number of halogens is 1. The number of nitrogens with two attached hydrogens (primary N) is 1. The molecule has 5 nitrogen and oxygen atoms in total. The van der Waals surface area contributed by atoms with Crippen LogP contribution in [0.3, 0.4) is 0 Å². The largest absolute Gasteiger partial charge is 0.384 e. The Morgan fingerprint density at radius 3 is 2.79 bits per heavy atom. The minimum Gasteiger partial charge on any atom is -0.384 e. The fourth-order valence-electron chi connectivity index (χ4n) is 1.78. The fraction of sp³-hybridized carbons (Fsp3) is 0. The van der Waals surface area contributed by atoms with E-state index in [2.05, 4.69) is 9.97 Å². The van der Waals surface area contributed by atoms with Gasteiger partial charge in [-0.3, -0.25) is 9.20 Å². The van der Waals surface area contributed by atoms with Gasteiger partial charge in [-0.05, 0) is 24.3 Å². The van der Waals surface area contributed by atoms with Gasteiger partial charge in [0, 0.05) is 24.0 Å². The average molecular weight is 256 g/mol. The number of nitrogens with zero attached hydrogens (tertiary/aromatic N) is 3. The molecule has 3 heterocycles.